The summed E-state index contributed by atoms with van der Waals surface area (Å²) in [7, 11) is 1.93. The van der Waals surface area contributed by atoms with E-state index in [0.717, 1.165) is 26.1 Å². The minimum absolute atomic E-state index is 0.0529. The lowest BCUT2D eigenvalue weighted by molar-refractivity contribution is -0.0502. The first-order chi connectivity index (χ1) is 13.2. The molecule has 2 aliphatic heterocycles. The number of morpholine rings is 1. The normalized spacial score (nSPS) is 28.1. The third kappa shape index (κ3) is 3.39. The highest BCUT2D eigenvalue weighted by Gasteiger charge is 2.38. The highest BCUT2D eigenvalue weighted by atomic mass is 16.5. The quantitative estimate of drug-likeness (QED) is 0.902. The van der Waals surface area contributed by atoms with E-state index < -0.39 is 0 Å². The van der Waals surface area contributed by atoms with E-state index in [1.54, 1.807) is 0 Å². The van der Waals surface area contributed by atoms with Gasteiger partial charge in [-0.25, -0.2) is 0 Å². The Morgan fingerprint density at radius 3 is 2.81 bits per heavy atom. The molecule has 0 spiro atoms. The number of aromatic nitrogens is 2. The van der Waals surface area contributed by atoms with Crippen LogP contribution in [0.2, 0.25) is 0 Å². The molecule has 1 N–H and O–H groups in total. The zero-order valence-corrected chi connectivity index (χ0v) is 15.7. The Hall–Kier alpha value is -2.18. The van der Waals surface area contributed by atoms with E-state index in [1.165, 1.54) is 24.1 Å². The number of hydrogen-bond donors (Lipinski definition) is 1. The van der Waals surface area contributed by atoms with Crippen LogP contribution in [0.5, 0.6) is 0 Å². The van der Waals surface area contributed by atoms with Gasteiger partial charge in [0.25, 0.3) is 5.91 Å². The molecule has 27 heavy (non-hydrogen) atoms. The monoisotopic (exact) mass is 366 g/mol. The molecule has 1 amide bonds. The van der Waals surface area contributed by atoms with Crippen LogP contribution in [0.1, 0.15) is 53.0 Å². The molecule has 3 fully saturated rings. The molecule has 2 saturated heterocycles. The summed E-state index contributed by atoms with van der Waals surface area (Å²) in [6.45, 7) is 2.49. The summed E-state index contributed by atoms with van der Waals surface area (Å²) in [6, 6.07) is 12.9. The Morgan fingerprint density at radius 1 is 1.22 bits per heavy atom. The fourth-order valence-electron chi connectivity index (χ4n) is 4.46. The van der Waals surface area contributed by atoms with Crippen molar-refractivity contribution in [3.05, 3.63) is 53.3 Å². The van der Waals surface area contributed by atoms with E-state index in [4.69, 9.17) is 4.74 Å². The van der Waals surface area contributed by atoms with Gasteiger partial charge in [0.1, 0.15) is 5.69 Å². The third-order valence-electron chi connectivity index (χ3n) is 6.07. The van der Waals surface area contributed by atoms with E-state index in [9.17, 15) is 4.79 Å². The fraction of sp³-hybridized carbons (Fsp3) is 0.524. The molecule has 0 radical (unpaired) electrons. The maximum atomic E-state index is 12.7. The summed E-state index contributed by atoms with van der Waals surface area (Å²) in [6.07, 6.45) is 3.48. The molecule has 1 aromatic carbocycles. The average molecular weight is 366 g/mol. The number of ether oxygens (including phenoxy) is 1. The minimum Gasteiger partial charge on any atom is -0.371 e. The van der Waals surface area contributed by atoms with Crippen molar-refractivity contribution in [1.29, 1.82) is 0 Å². The molecule has 3 heterocycles. The molecule has 142 valence electrons. The zero-order valence-electron chi connectivity index (χ0n) is 15.7. The van der Waals surface area contributed by atoms with E-state index in [1.807, 2.05) is 23.9 Å². The number of hydrogen-bond acceptors (Lipinski definition) is 4. The van der Waals surface area contributed by atoms with Crippen LogP contribution in [0.4, 0.5) is 0 Å². The molecule has 3 aliphatic rings. The SMILES string of the molecule is Cn1nc(C(=O)N[C@H]2C[C@H]3CO[C@@H](c4ccccc4)CN3C2)cc1C1CC1. The lowest BCUT2D eigenvalue weighted by atomic mass is 10.1. The molecule has 5 rings (SSSR count). The number of aryl methyl sites for hydroxylation is 1. The largest absolute Gasteiger partial charge is 0.371 e. The van der Waals surface area contributed by atoms with Gasteiger partial charge >= 0.3 is 0 Å². The number of carbonyl (C=O) groups excluding carboxylic acids is 1. The first kappa shape index (κ1) is 17.0. The minimum atomic E-state index is -0.0529. The topological polar surface area (TPSA) is 59.4 Å². The van der Waals surface area contributed by atoms with Gasteiger partial charge in [0, 0.05) is 43.8 Å². The summed E-state index contributed by atoms with van der Waals surface area (Å²) >= 11 is 0. The summed E-state index contributed by atoms with van der Waals surface area (Å²) in [4.78, 5) is 15.1. The second-order valence-electron chi connectivity index (χ2n) is 8.10. The van der Waals surface area contributed by atoms with Crippen molar-refractivity contribution in [2.45, 2.75) is 43.4 Å². The fourth-order valence-corrected chi connectivity index (χ4v) is 4.46. The van der Waals surface area contributed by atoms with Gasteiger partial charge in [-0.2, -0.15) is 5.10 Å². The Bertz CT molecular complexity index is 830. The third-order valence-corrected chi connectivity index (χ3v) is 6.07. The van der Waals surface area contributed by atoms with Gasteiger partial charge in [0.15, 0.2) is 0 Å². The van der Waals surface area contributed by atoms with Gasteiger partial charge in [-0.05, 0) is 30.9 Å². The lowest BCUT2D eigenvalue weighted by Gasteiger charge is -2.35. The smallest absolute Gasteiger partial charge is 0.272 e. The van der Waals surface area contributed by atoms with Gasteiger partial charge in [0.2, 0.25) is 0 Å². The van der Waals surface area contributed by atoms with Crippen molar-refractivity contribution in [2.24, 2.45) is 7.05 Å². The molecule has 3 atom stereocenters. The second kappa shape index (κ2) is 6.77. The van der Waals surface area contributed by atoms with Crippen molar-refractivity contribution in [3.63, 3.8) is 0 Å². The molecular weight excluding hydrogens is 340 g/mol. The lowest BCUT2D eigenvalue weighted by Crippen LogP contribution is -2.43. The predicted molar refractivity (Wildman–Crippen MR) is 102 cm³/mol. The molecule has 0 unspecified atom stereocenters. The maximum Gasteiger partial charge on any atom is 0.272 e. The summed E-state index contributed by atoms with van der Waals surface area (Å²) < 4.78 is 7.96. The average Bonchev–Trinajstić information content (AvgIpc) is 3.33. The van der Waals surface area contributed by atoms with Crippen LogP contribution in [0.25, 0.3) is 0 Å². The number of fused-ring (bicyclic) bond motifs is 1. The van der Waals surface area contributed by atoms with Crippen molar-refractivity contribution in [3.8, 4) is 0 Å². The van der Waals surface area contributed by atoms with Crippen LogP contribution in [-0.4, -0.2) is 52.4 Å². The van der Waals surface area contributed by atoms with Gasteiger partial charge < -0.3 is 10.1 Å². The Balaban J connectivity index is 1.21. The summed E-state index contributed by atoms with van der Waals surface area (Å²) in [5.74, 6) is 0.541. The van der Waals surface area contributed by atoms with E-state index in [2.05, 4.69) is 39.6 Å². The zero-order chi connectivity index (χ0) is 18.4. The van der Waals surface area contributed by atoms with E-state index in [-0.39, 0.29) is 18.1 Å². The van der Waals surface area contributed by atoms with Gasteiger partial charge in [-0.3, -0.25) is 14.4 Å². The number of benzene rings is 1. The van der Waals surface area contributed by atoms with Crippen LogP contribution in [0.3, 0.4) is 0 Å². The maximum absolute atomic E-state index is 12.7. The van der Waals surface area contributed by atoms with E-state index >= 15 is 0 Å². The van der Waals surface area contributed by atoms with Gasteiger partial charge in [-0.1, -0.05) is 30.3 Å². The molecule has 1 saturated carbocycles. The molecule has 6 heteroatoms. The van der Waals surface area contributed by atoms with Crippen molar-refractivity contribution in [1.82, 2.24) is 20.0 Å². The molecular formula is C21H26N4O2. The Kier molecular flexibility index (Phi) is 4.25. The highest BCUT2D eigenvalue weighted by Crippen LogP contribution is 2.40. The van der Waals surface area contributed by atoms with Crippen LogP contribution in [-0.2, 0) is 11.8 Å². The van der Waals surface area contributed by atoms with E-state index in [0.29, 0.717) is 17.7 Å². The number of carbonyl (C=O) groups is 1. The van der Waals surface area contributed by atoms with Crippen molar-refractivity contribution < 1.29 is 9.53 Å². The molecule has 1 aromatic heterocycles. The van der Waals surface area contributed by atoms with Gasteiger partial charge in [-0.15, -0.1) is 0 Å². The standard InChI is InChI=1S/C21H26N4O2/c1-24-19(14-7-8-14)10-18(23-24)21(26)22-16-9-17-13-27-20(12-25(17)11-16)15-5-3-2-4-6-15/h2-6,10,14,16-17,20H,7-9,11-13H2,1H3,(H,22,26)/t16-,17-,20+/m0/s1. The molecule has 0 bridgehead atoms. The second-order valence-corrected chi connectivity index (χ2v) is 8.10. The number of rotatable bonds is 4. The van der Waals surface area contributed by atoms with Crippen molar-refractivity contribution >= 4 is 5.91 Å². The van der Waals surface area contributed by atoms with Crippen LogP contribution < -0.4 is 5.32 Å². The number of amides is 1. The molecule has 2 aromatic rings. The van der Waals surface area contributed by atoms with Crippen LogP contribution in [0, 0.1) is 0 Å². The number of nitrogens with one attached hydrogen (secondary N) is 1. The first-order valence-electron chi connectivity index (χ1n) is 9.93. The summed E-state index contributed by atoms with van der Waals surface area (Å²) in [5, 5.41) is 7.62. The molecule has 6 nitrogen and oxygen atoms in total. The van der Waals surface area contributed by atoms with Crippen molar-refractivity contribution in [2.75, 3.05) is 19.7 Å². The van der Waals surface area contributed by atoms with Crippen LogP contribution in [0.15, 0.2) is 36.4 Å². The first-order valence-corrected chi connectivity index (χ1v) is 9.93. The Morgan fingerprint density at radius 2 is 2.04 bits per heavy atom. The van der Waals surface area contributed by atoms with Crippen LogP contribution >= 0.6 is 0 Å². The Labute approximate surface area is 159 Å². The highest BCUT2D eigenvalue weighted by molar-refractivity contribution is 5.92. The predicted octanol–water partition coefficient (Wildman–Crippen LogP) is 2.24. The molecule has 1 aliphatic carbocycles. The number of nitrogens with zero attached hydrogens (tertiary/aromatic N) is 3. The summed E-state index contributed by atoms with van der Waals surface area (Å²) in [5.41, 5.74) is 2.95. The van der Waals surface area contributed by atoms with Gasteiger partial charge in [0.05, 0.1) is 12.7 Å².